The monoisotopic (exact) mass is 477 g/mol. The van der Waals surface area contributed by atoms with E-state index in [9.17, 15) is 18.4 Å². The van der Waals surface area contributed by atoms with Gasteiger partial charge in [-0.3, -0.25) is 9.59 Å². The van der Waals surface area contributed by atoms with E-state index in [-0.39, 0.29) is 57.6 Å². The van der Waals surface area contributed by atoms with Gasteiger partial charge in [0.1, 0.15) is 23.1 Å². The predicted molar refractivity (Wildman–Crippen MR) is 119 cm³/mol. The Morgan fingerprint density at radius 3 is 2.48 bits per heavy atom. The number of fused-ring (bicyclic) bond motifs is 3. The van der Waals surface area contributed by atoms with Crippen molar-refractivity contribution < 1.29 is 23.1 Å². The smallest absolute Gasteiger partial charge is 0.270 e. The average Bonchev–Trinajstić information content (AvgIpc) is 2.77. The fourth-order valence-corrected chi connectivity index (χ4v) is 5.20. The summed E-state index contributed by atoms with van der Waals surface area (Å²) in [4.78, 5) is 29.4. The van der Waals surface area contributed by atoms with Gasteiger partial charge in [-0.2, -0.15) is 0 Å². The van der Waals surface area contributed by atoms with Crippen LogP contribution in [0.2, 0.25) is 5.02 Å². The van der Waals surface area contributed by atoms with Crippen molar-refractivity contribution in [2.24, 2.45) is 5.92 Å². The molecular formula is C24H26ClF2N3O3. The second-order valence-corrected chi connectivity index (χ2v) is 9.58. The predicted octanol–water partition coefficient (Wildman–Crippen LogP) is 4.34. The van der Waals surface area contributed by atoms with Gasteiger partial charge in [0.15, 0.2) is 6.61 Å². The Hall–Kier alpha value is -2.74. The van der Waals surface area contributed by atoms with Crippen LogP contribution >= 0.6 is 11.6 Å². The Bertz CT molecular complexity index is 1090. The van der Waals surface area contributed by atoms with Gasteiger partial charge >= 0.3 is 0 Å². The van der Waals surface area contributed by atoms with Crippen LogP contribution in [0, 0.1) is 24.5 Å². The van der Waals surface area contributed by atoms with Gasteiger partial charge in [-0.25, -0.2) is 13.8 Å². The van der Waals surface area contributed by atoms with E-state index in [1.807, 2.05) is 0 Å². The normalized spacial score (nSPS) is 26.0. The first-order chi connectivity index (χ1) is 15.6. The molecule has 33 heavy (non-hydrogen) atoms. The quantitative estimate of drug-likeness (QED) is 0.648. The molecule has 0 saturated heterocycles. The molecule has 3 aliphatic rings. The molecule has 1 aromatic heterocycles. The highest BCUT2D eigenvalue weighted by Gasteiger charge is 2.54. The highest BCUT2D eigenvalue weighted by Crippen LogP contribution is 2.50. The number of hydrogen-bond acceptors (Lipinski definition) is 4. The Labute approximate surface area is 196 Å². The summed E-state index contributed by atoms with van der Waals surface area (Å²) in [6.07, 6.45) is 3.57. The highest BCUT2D eigenvalue weighted by molar-refractivity contribution is 6.30. The number of halogens is 3. The molecule has 2 N–H and O–H groups in total. The standard InChI is InChI=1S/C24H26ClF2N3O3/c1-14-12-23(30-22(32)20-6-5-18(26)15(2)28-20)7-9-24(14,10-8-23)29-21(31)13-33-16-3-4-17(25)19(27)11-16/h3-6,11,14H,7-10,12-13H2,1-2H3,(H,29,31)(H,30,32). The van der Waals surface area contributed by atoms with Crippen molar-refractivity contribution in [1.29, 1.82) is 0 Å². The molecule has 3 aliphatic carbocycles. The van der Waals surface area contributed by atoms with Gasteiger partial charge in [-0.05, 0) is 69.2 Å². The number of pyridine rings is 1. The summed E-state index contributed by atoms with van der Waals surface area (Å²) < 4.78 is 32.5. The molecule has 1 aromatic carbocycles. The number of aryl methyl sites for hydroxylation is 1. The number of rotatable bonds is 6. The van der Waals surface area contributed by atoms with Crippen LogP contribution in [-0.4, -0.2) is 34.5 Å². The van der Waals surface area contributed by atoms with E-state index in [1.54, 1.807) is 0 Å². The Balaban J connectivity index is 1.35. The molecule has 176 valence electrons. The molecule has 2 bridgehead atoms. The molecule has 2 amide bonds. The van der Waals surface area contributed by atoms with Gasteiger partial charge in [-0.15, -0.1) is 0 Å². The first kappa shape index (κ1) is 23.4. The lowest BCUT2D eigenvalue weighted by molar-refractivity contribution is -0.128. The van der Waals surface area contributed by atoms with Crippen molar-refractivity contribution in [3.8, 4) is 5.75 Å². The molecule has 1 atom stereocenters. The maximum Gasteiger partial charge on any atom is 0.270 e. The molecule has 0 aliphatic heterocycles. The summed E-state index contributed by atoms with van der Waals surface area (Å²) in [6, 6.07) is 6.67. The zero-order valence-electron chi connectivity index (χ0n) is 18.5. The summed E-state index contributed by atoms with van der Waals surface area (Å²) in [7, 11) is 0. The number of benzene rings is 1. The molecule has 5 rings (SSSR count). The van der Waals surface area contributed by atoms with Crippen LogP contribution in [0.3, 0.4) is 0 Å². The Morgan fingerprint density at radius 2 is 1.85 bits per heavy atom. The zero-order chi connectivity index (χ0) is 23.8. The third-order valence-corrected chi connectivity index (χ3v) is 7.33. The van der Waals surface area contributed by atoms with Gasteiger partial charge in [0, 0.05) is 17.1 Å². The van der Waals surface area contributed by atoms with Gasteiger partial charge in [0.25, 0.3) is 11.8 Å². The van der Waals surface area contributed by atoms with Crippen molar-refractivity contribution in [2.45, 2.75) is 57.0 Å². The lowest BCUT2D eigenvalue weighted by atomic mass is 9.56. The largest absolute Gasteiger partial charge is 0.484 e. The van der Waals surface area contributed by atoms with Crippen molar-refractivity contribution >= 4 is 23.4 Å². The summed E-state index contributed by atoms with van der Waals surface area (Å²) in [5.74, 6) is -1.28. The number of nitrogens with one attached hydrogen (secondary N) is 2. The second kappa shape index (κ2) is 8.89. The Kier molecular flexibility index (Phi) is 6.31. The topological polar surface area (TPSA) is 80.3 Å². The van der Waals surface area contributed by atoms with Crippen LogP contribution in [0.1, 0.15) is 55.2 Å². The number of aromatic nitrogens is 1. The number of carbonyl (C=O) groups excluding carboxylic acids is 2. The summed E-state index contributed by atoms with van der Waals surface area (Å²) >= 11 is 5.67. The fraction of sp³-hybridized carbons (Fsp3) is 0.458. The van der Waals surface area contributed by atoms with Crippen LogP contribution in [0.5, 0.6) is 5.75 Å². The maximum absolute atomic E-state index is 13.6. The van der Waals surface area contributed by atoms with Crippen molar-refractivity contribution in [3.05, 3.63) is 58.4 Å². The summed E-state index contributed by atoms with van der Waals surface area (Å²) in [5.41, 5.74) is -0.360. The number of hydrogen-bond donors (Lipinski definition) is 2. The van der Waals surface area contributed by atoms with Gasteiger partial charge in [0.2, 0.25) is 0 Å². The molecule has 3 fully saturated rings. The Morgan fingerprint density at radius 1 is 1.12 bits per heavy atom. The fourth-order valence-electron chi connectivity index (χ4n) is 5.08. The van der Waals surface area contributed by atoms with Gasteiger partial charge < -0.3 is 15.4 Å². The van der Waals surface area contributed by atoms with Crippen LogP contribution in [0.4, 0.5) is 8.78 Å². The molecule has 0 spiro atoms. The van der Waals surface area contributed by atoms with Crippen LogP contribution in [-0.2, 0) is 4.79 Å². The van der Waals surface area contributed by atoms with Crippen LogP contribution in [0.25, 0.3) is 0 Å². The third kappa shape index (κ3) is 4.81. The van der Waals surface area contributed by atoms with E-state index in [2.05, 4.69) is 22.5 Å². The molecule has 0 radical (unpaired) electrons. The first-order valence-electron chi connectivity index (χ1n) is 11.0. The number of nitrogens with zero attached hydrogens (tertiary/aromatic N) is 1. The van der Waals surface area contributed by atoms with Crippen molar-refractivity contribution in [1.82, 2.24) is 15.6 Å². The second-order valence-electron chi connectivity index (χ2n) is 9.17. The average molecular weight is 478 g/mol. The lowest BCUT2D eigenvalue weighted by Gasteiger charge is -2.57. The molecule has 1 heterocycles. The molecule has 9 heteroatoms. The maximum atomic E-state index is 13.6. The molecule has 1 unspecified atom stereocenters. The highest BCUT2D eigenvalue weighted by atomic mass is 35.5. The number of amides is 2. The van der Waals surface area contributed by atoms with E-state index in [0.29, 0.717) is 32.1 Å². The van der Waals surface area contributed by atoms with Crippen LogP contribution in [0.15, 0.2) is 30.3 Å². The summed E-state index contributed by atoms with van der Waals surface area (Å²) in [6.45, 7) is 3.36. The minimum Gasteiger partial charge on any atom is -0.484 e. The van der Waals surface area contributed by atoms with E-state index < -0.39 is 11.6 Å². The lowest BCUT2D eigenvalue weighted by Crippen LogP contribution is -2.67. The van der Waals surface area contributed by atoms with Gasteiger partial charge in [-0.1, -0.05) is 18.5 Å². The SMILES string of the molecule is Cc1nc(C(=O)NC23CCC(NC(=O)COc4ccc(Cl)c(F)c4)(CC2)C(C)C3)ccc1F. The van der Waals surface area contributed by atoms with E-state index in [0.717, 1.165) is 6.07 Å². The molecule has 2 aromatic rings. The molecule has 6 nitrogen and oxygen atoms in total. The van der Waals surface area contributed by atoms with E-state index in [4.69, 9.17) is 16.3 Å². The van der Waals surface area contributed by atoms with Crippen molar-refractivity contribution in [3.63, 3.8) is 0 Å². The summed E-state index contributed by atoms with van der Waals surface area (Å²) in [5, 5.41) is 6.25. The van der Waals surface area contributed by atoms with E-state index in [1.165, 1.54) is 31.2 Å². The molecule has 3 saturated carbocycles. The van der Waals surface area contributed by atoms with E-state index >= 15 is 0 Å². The molecular weight excluding hydrogens is 452 g/mol. The first-order valence-corrected chi connectivity index (χ1v) is 11.3. The number of carbonyl (C=O) groups is 2. The van der Waals surface area contributed by atoms with Crippen LogP contribution < -0.4 is 15.4 Å². The minimum atomic E-state index is -0.606. The van der Waals surface area contributed by atoms with Gasteiger partial charge in [0.05, 0.1) is 10.7 Å². The van der Waals surface area contributed by atoms with Crippen molar-refractivity contribution in [2.75, 3.05) is 6.61 Å². The zero-order valence-corrected chi connectivity index (χ0v) is 19.3. The minimum absolute atomic E-state index is 0.00940. The number of ether oxygens (including phenoxy) is 1. The third-order valence-electron chi connectivity index (χ3n) is 7.02.